The molecule has 0 spiro atoms. The Labute approximate surface area is 161 Å². The molecule has 1 aromatic heterocycles. The van der Waals surface area contributed by atoms with Gasteiger partial charge in [0.05, 0.1) is 5.54 Å². The van der Waals surface area contributed by atoms with Gasteiger partial charge in [-0.3, -0.25) is 0 Å². The zero-order valence-electron chi connectivity index (χ0n) is 16.4. The molecule has 1 aliphatic carbocycles. The Kier molecular flexibility index (Phi) is 4.94. The molecule has 2 fully saturated rings. The number of rotatable bonds is 5. The standard InChI is InChI=1S/C22H30N4O/c1-17-6-8-19(9-7-17)22(11-12-22)24-21(27)26-14-4-3-5-20(26)10-15-25-16-13-23-18(25)2/h6-9,13,16,20H,3-5,10-12,14-15H2,1-2H3,(H,24,27). The lowest BCUT2D eigenvalue weighted by atomic mass is 9.99. The lowest BCUT2D eigenvalue weighted by molar-refractivity contribution is 0.140. The topological polar surface area (TPSA) is 50.2 Å². The first-order valence-electron chi connectivity index (χ1n) is 10.2. The fraction of sp³-hybridized carbons (Fsp3) is 0.545. The zero-order valence-corrected chi connectivity index (χ0v) is 16.4. The van der Waals surface area contributed by atoms with E-state index in [0.717, 1.165) is 51.0 Å². The molecule has 2 heterocycles. The number of carbonyl (C=O) groups excluding carboxylic acids is 1. The quantitative estimate of drug-likeness (QED) is 0.864. The number of hydrogen-bond donors (Lipinski definition) is 1. The van der Waals surface area contributed by atoms with Gasteiger partial charge >= 0.3 is 6.03 Å². The lowest BCUT2D eigenvalue weighted by Crippen LogP contribution is -2.51. The molecule has 2 amide bonds. The highest BCUT2D eigenvalue weighted by atomic mass is 16.2. The van der Waals surface area contributed by atoms with Gasteiger partial charge in [0.2, 0.25) is 0 Å². The van der Waals surface area contributed by atoms with Crippen molar-refractivity contribution in [2.24, 2.45) is 0 Å². The molecule has 1 aromatic carbocycles. The van der Waals surface area contributed by atoms with Crippen LogP contribution < -0.4 is 5.32 Å². The number of urea groups is 1. The van der Waals surface area contributed by atoms with E-state index in [-0.39, 0.29) is 11.6 Å². The highest BCUT2D eigenvalue weighted by Gasteiger charge is 2.46. The number of amides is 2. The van der Waals surface area contributed by atoms with Crippen LogP contribution in [0.3, 0.4) is 0 Å². The Morgan fingerprint density at radius 2 is 2.00 bits per heavy atom. The maximum atomic E-state index is 13.1. The van der Waals surface area contributed by atoms with E-state index in [1.807, 2.05) is 19.3 Å². The van der Waals surface area contributed by atoms with Gasteiger partial charge < -0.3 is 14.8 Å². The molecule has 1 saturated carbocycles. The van der Waals surface area contributed by atoms with Crippen molar-refractivity contribution < 1.29 is 4.79 Å². The first-order chi connectivity index (χ1) is 13.1. The molecule has 4 rings (SSSR count). The van der Waals surface area contributed by atoms with Crippen molar-refractivity contribution in [1.82, 2.24) is 19.8 Å². The fourth-order valence-electron chi connectivity index (χ4n) is 4.26. The average molecular weight is 367 g/mol. The van der Waals surface area contributed by atoms with Crippen LogP contribution in [-0.2, 0) is 12.1 Å². The normalized spacial score (nSPS) is 21.1. The summed E-state index contributed by atoms with van der Waals surface area (Å²) in [7, 11) is 0. The van der Waals surface area contributed by atoms with Crippen LogP contribution >= 0.6 is 0 Å². The first-order valence-corrected chi connectivity index (χ1v) is 10.2. The second-order valence-electron chi connectivity index (χ2n) is 8.18. The van der Waals surface area contributed by atoms with Gasteiger partial charge in [0.15, 0.2) is 0 Å². The van der Waals surface area contributed by atoms with Crippen molar-refractivity contribution in [3.63, 3.8) is 0 Å². The summed E-state index contributed by atoms with van der Waals surface area (Å²) in [5.41, 5.74) is 2.35. The van der Waals surface area contributed by atoms with Crippen LogP contribution in [0.5, 0.6) is 0 Å². The van der Waals surface area contributed by atoms with Crippen molar-refractivity contribution >= 4 is 6.03 Å². The predicted molar refractivity (Wildman–Crippen MR) is 107 cm³/mol. The number of aryl methyl sites for hydroxylation is 3. The highest BCUT2D eigenvalue weighted by Crippen LogP contribution is 2.45. The Morgan fingerprint density at radius 1 is 1.22 bits per heavy atom. The van der Waals surface area contributed by atoms with Crippen LogP contribution in [0.2, 0.25) is 0 Å². The van der Waals surface area contributed by atoms with E-state index in [1.165, 1.54) is 17.5 Å². The summed E-state index contributed by atoms with van der Waals surface area (Å²) in [5.74, 6) is 1.04. The third-order valence-electron chi connectivity index (χ3n) is 6.22. The number of imidazole rings is 1. The third kappa shape index (κ3) is 3.87. The van der Waals surface area contributed by atoms with Crippen molar-refractivity contribution in [2.75, 3.05) is 6.54 Å². The fourth-order valence-corrected chi connectivity index (χ4v) is 4.26. The SMILES string of the molecule is Cc1ccc(C2(NC(=O)N3CCCCC3CCn3ccnc3C)CC2)cc1. The molecule has 5 heteroatoms. The molecule has 1 N–H and O–H groups in total. The van der Waals surface area contributed by atoms with Crippen molar-refractivity contribution in [3.05, 3.63) is 53.6 Å². The number of piperidine rings is 1. The van der Waals surface area contributed by atoms with Crippen LogP contribution in [0.15, 0.2) is 36.7 Å². The van der Waals surface area contributed by atoms with E-state index < -0.39 is 0 Å². The van der Waals surface area contributed by atoms with E-state index in [2.05, 4.69) is 51.0 Å². The van der Waals surface area contributed by atoms with Crippen LogP contribution in [0, 0.1) is 13.8 Å². The number of benzene rings is 1. The molecule has 1 atom stereocenters. The Hall–Kier alpha value is -2.30. The van der Waals surface area contributed by atoms with Crippen molar-refractivity contribution in [1.29, 1.82) is 0 Å². The van der Waals surface area contributed by atoms with Gasteiger partial charge in [0.1, 0.15) is 5.82 Å². The molecular formula is C22H30N4O. The van der Waals surface area contributed by atoms with E-state index >= 15 is 0 Å². The Bertz CT molecular complexity index is 791. The van der Waals surface area contributed by atoms with Crippen molar-refractivity contribution in [3.8, 4) is 0 Å². The van der Waals surface area contributed by atoms with E-state index in [4.69, 9.17) is 0 Å². The second-order valence-corrected chi connectivity index (χ2v) is 8.18. The van der Waals surface area contributed by atoms with Gasteiger partial charge in [-0.25, -0.2) is 9.78 Å². The summed E-state index contributed by atoms with van der Waals surface area (Å²) >= 11 is 0. The number of likely N-dealkylation sites (tertiary alicyclic amines) is 1. The summed E-state index contributed by atoms with van der Waals surface area (Å²) in [6.07, 6.45) is 10.3. The van der Waals surface area contributed by atoms with E-state index in [9.17, 15) is 4.79 Å². The molecule has 2 aliphatic rings. The maximum Gasteiger partial charge on any atom is 0.318 e. The number of aromatic nitrogens is 2. The largest absolute Gasteiger partial charge is 0.335 e. The number of hydrogen-bond acceptors (Lipinski definition) is 2. The number of nitrogens with zero attached hydrogens (tertiary/aromatic N) is 3. The van der Waals surface area contributed by atoms with Gasteiger partial charge in [-0.2, -0.15) is 0 Å². The molecule has 144 valence electrons. The molecule has 0 bridgehead atoms. The summed E-state index contributed by atoms with van der Waals surface area (Å²) in [6, 6.07) is 9.03. The average Bonchev–Trinajstić information content (AvgIpc) is 3.34. The highest BCUT2D eigenvalue weighted by molar-refractivity contribution is 5.76. The van der Waals surface area contributed by atoms with E-state index in [0.29, 0.717) is 6.04 Å². The summed E-state index contributed by atoms with van der Waals surface area (Å²) in [5, 5.41) is 3.38. The molecular weight excluding hydrogens is 336 g/mol. The van der Waals surface area contributed by atoms with Crippen LogP contribution in [0.1, 0.15) is 55.5 Å². The molecule has 0 radical (unpaired) electrons. The van der Waals surface area contributed by atoms with Gasteiger partial charge in [0, 0.05) is 31.5 Å². The summed E-state index contributed by atoms with van der Waals surface area (Å²) in [4.78, 5) is 19.5. The number of nitrogens with one attached hydrogen (secondary N) is 1. The lowest BCUT2D eigenvalue weighted by Gasteiger charge is -2.37. The van der Waals surface area contributed by atoms with Gasteiger partial charge in [-0.15, -0.1) is 0 Å². The minimum absolute atomic E-state index is 0.111. The number of carbonyl (C=O) groups is 1. The summed E-state index contributed by atoms with van der Waals surface area (Å²) < 4.78 is 2.18. The Morgan fingerprint density at radius 3 is 2.67 bits per heavy atom. The molecule has 27 heavy (non-hydrogen) atoms. The van der Waals surface area contributed by atoms with E-state index in [1.54, 1.807) is 0 Å². The predicted octanol–water partition coefficient (Wildman–Crippen LogP) is 4.14. The smallest absolute Gasteiger partial charge is 0.318 e. The van der Waals surface area contributed by atoms with Gasteiger partial charge in [-0.1, -0.05) is 29.8 Å². The molecule has 5 nitrogen and oxygen atoms in total. The minimum atomic E-state index is -0.145. The summed E-state index contributed by atoms with van der Waals surface area (Å²) in [6.45, 7) is 5.92. The molecule has 1 aliphatic heterocycles. The van der Waals surface area contributed by atoms with Gasteiger partial charge in [-0.05, 0) is 57.9 Å². The second kappa shape index (κ2) is 7.37. The van der Waals surface area contributed by atoms with Crippen LogP contribution in [-0.4, -0.2) is 33.1 Å². The van der Waals surface area contributed by atoms with Crippen LogP contribution in [0.25, 0.3) is 0 Å². The van der Waals surface area contributed by atoms with Gasteiger partial charge in [0.25, 0.3) is 0 Å². The molecule has 1 saturated heterocycles. The first kappa shape index (κ1) is 18.1. The maximum absolute atomic E-state index is 13.1. The Balaban J connectivity index is 1.41. The monoisotopic (exact) mass is 366 g/mol. The van der Waals surface area contributed by atoms with Crippen molar-refractivity contribution in [2.45, 2.75) is 70.5 Å². The minimum Gasteiger partial charge on any atom is -0.335 e. The van der Waals surface area contributed by atoms with Crippen LogP contribution in [0.4, 0.5) is 4.79 Å². The third-order valence-corrected chi connectivity index (χ3v) is 6.22. The molecule has 2 aromatic rings. The zero-order chi connectivity index (χ0) is 18.9. The molecule has 1 unspecified atom stereocenters.